The van der Waals surface area contributed by atoms with Gasteiger partial charge < -0.3 is 24.1 Å². The molecule has 0 radical (unpaired) electrons. The van der Waals surface area contributed by atoms with Gasteiger partial charge in [0.1, 0.15) is 11.9 Å². The number of nitrogens with zero attached hydrogens (tertiary/aromatic N) is 5. The van der Waals surface area contributed by atoms with Gasteiger partial charge in [-0.3, -0.25) is 9.59 Å². The monoisotopic (exact) mass is 402 g/mol. The summed E-state index contributed by atoms with van der Waals surface area (Å²) in [5, 5.41) is 11.4. The lowest BCUT2D eigenvalue weighted by Gasteiger charge is -2.24. The van der Waals surface area contributed by atoms with Crippen molar-refractivity contribution < 1.29 is 9.53 Å². The Morgan fingerprint density at radius 2 is 2.24 bits per heavy atom. The van der Waals surface area contributed by atoms with Crippen LogP contribution in [0.4, 0.5) is 0 Å². The molecule has 2 aromatic rings. The Labute approximate surface area is 170 Å². The molecule has 0 saturated carbocycles. The van der Waals surface area contributed by atoms with Gasteiger partial charge in [0.05, 0.1) is 13.2 Å². The Hall–Kier alpha value is -2.52. The van der Waals surface area contributed by atoms with Gasteiger partial charge in [-0.05, 0) is 50.4 Å². The summed E-state index contributed by atoms with van der Waals surface area (Å²) in [5.41, 5.74) is 0.681. The molecule has 1 amide bonds. The van der Waals surface area contributed by atoms with Gasteiger partial charge in [-0.2, -0.15) is 0 Å². The molecule has 0 aromatic carbocycles. The molecule has 1 fully saturated rings. The van der Waals surface area contributed by atoms with Crippen LogP contribution in [0.2, 0.25) is 0 Å². The second kappa shape index (κ2) is 9.80. The van der Waals surface area contributed by atoms with Crippen LogP contribution in [0.25, 0.3) is 0 Å². The molecule has 158 valence electrons. The molecule has 29 heavy (non-hydrogen) atoms. The van der Waals surface area contributed by atoms with Gasteiger partial charge in [0.2, 0.25) is 0 Å². The summed E-state index contributed by atoms with van der Waals surface area (Å²) in [6, 6.07) is 1.85. The zero-order valence-corrected chi connectivity index (χ0v) is 17.4. The van der Waals surface area contributed by atoms with Crippen LogP contribution in [0.15, 0.2) is 23.4 Å². The summed E-state index contributed by atoms with van der Waals surface area (Å²) in [6.45, 7) is 5.76. The standard InChI is InChI=1S/C20H30N6O3/c1-15-6-8-25(12-16-5-4-7-21-11-16)20(28)18(15)19(27)24(2)13-17-23-22-14-26(17)9-10-29-3/h6,8,14,16,21H,4-5,7,9-13H2,1-3H3. The summed E-state index contributed by atoms with van der Waals surface area (Å²) in [7, 11) is 3.31. The summed E-state index contributed by atoms with van der Waals surface area (Å²) in [6.07, 6.45) is 5.62. The third-order valence-electron chi connectivity index (χ3n) is 5.40. The van der Waals surface area contributed by atoms with Crippen molar-refractivity contribution in [3.63, 3.8) is 0 Å². The largest absolute Gasteiger partial charge is 0.383 e. The molecule has 2 aromatic heterocycles. The Balaban J connectivity index is 1.76. The zero-order chi connectivity index (χ0) is 20.8. The van der Waals surface area contributed by atoms with E-state index in [2.05, 4.69) is 15.5 Å². The van der Waals surface area contributed by atoms with Crippen molar-refractivity contribution in [1.82, 2.24) is 29.5 Å². The molecular formula is C20H30N6O3. The molecular weight excluding hydrogens is 372 g/mol. The van der Waals surface area contributed by atoms with Crippen LogP contribution >= 0.6 is 0 Å². The molecule has 1 aliphatic heterocycles. The number of ether oxygens (including phenoxy) is 1. The first-order valence-electron chi connectivity index (χ1n) is 10.0. The number of amides is 1. The van der Waals surface area contributed by atoms with E-state index in [1.807, 2.05) is 10.6 Å². The second-order valence-corrected chi connectivity index (χ2v) is 7.64. The maximum Gasteiger partial charge on any atom is 0.263 e. The fraction of sp³-hybridized carbons (Fsp3) is 0.600. The molecule has 0 aliphatic carbocycles. The van der Waals surface area contributed by atoms with Crippen LogP contribution in [0.1, 0.15) is 34.6 Å². The highest BCUT2D eigenvalue weighted by atomic mass is 16.5. The number of hydrogen-bond acceptors (Lipinski definition) is 6. The summed E-state index contributed by atoms with van der Waals surface area (Å²) in [4.78, 5) is 27.7. The molecule has 9 nitrogen and oxygen atoms in total. The highest BCUT2D eigenvalue weighted by Crippen LogP contribution is 2.13. The van der Waals surface area contributed by atoms with Crippen molar-refractivity contribution >= 4 is 5.91 Å². The summed E-state index contributed by atoms with van der Waals surface area (Å²) < 4.78 is 8.61. The minimum atomic E-state index is -0.301. The van der Waals surface area contributed by atoms with Crippen molar-refractivity contribution in [2.45, 2.75) is 39.4 Å². The van der Waals surface area contributed by atoms with E-state index in [0.29, 0.717) is 37.0 Å². The molecule has 0 bridgehead atoms. The van der Waals surface area contributed by atoms with Crippen LogP contribution in [0.3, 0.4) is 0 Å². The van der Waals surface area contributed by atoms with E-state index in [1.54, 1.807) is 38.2 Å². The number of piperidine rings is 1. The lowest BCUT2D eigenvalue weighted by Crippen LogP contribution is -2.38. The summed E-state index contributed by atoms with van der Waals surface area (Å²) >= 11 is 0. The van der Waals surface area contributed by atoms with Crippen LogP contribution < -0.4 is 10.9 Å². The van der Waals surface area contributed by atoms with E-state index in [-0.39, 0.29) is 23.6 Å². The number of methoxy groups -OCH3 is 1. The zero-order valence-electron chi connectivity index (χ0n) is 17.4. The van der Waals surface area contributed by atoms with Crippen LogP contribution in [0.5, 0.6) is 0 Å². The SMILES string of the molecule is COCCn1cnnc1CN(C)C(=O)c1c(C)ccn(CC2CCCNC2)c1=O. The molecule has 1 saturated heterocycles. The fourth-order valence-corrected chi connectivity index (χ4v) is 3.68. The van der Waals surface area contributed by atoms with Crippen molar-refractivity contribution in [3.8, 4) is 0 Å². The first kappa shape index (κ1) is 21.2. The van der Waals surface area contributed by atoms with Crippen LogP contribution in [-0.2, 0) is 24.4 Å². The van der Waals surface area contributed by atoms with Gasteiger partial charge in [-0.25, -0.2) is 0 Å². The molecule has 3 rings (SSSR count). The molecule has 9 heteroatoms. The molecule has 1 unspecified atom stereocenters. The summed E-state index contributed by atoms with van der Waals surface area (Å²) in [5.74, 6) is 0.758. The van der Waals surface area contributed by atoms with Gasteiger partial charge in [-0.1, -0.05) is 0 Å². The van der Waals surface area contributed by atoms with E-state index in [9.17, 15) is 9.59 Å². The van der Waals surface area contributed by atoms with Crippen molar-refractivity contribution in [2.24, 2.45) is 5.92 Å². The number of pyridine rings is 1. The smallest absolute Gasteiger partial charge is 0.263 e. The predicted molar refractivity (Wildman–Crippen MR) is 109 cm³/mol. The average Bonchev–Trinajstić information content (AvgIpc) is 3.16. The lowest BCUT2D eigenvalue weighted by atomic mass is 9.99. The van der Waals surface area contributed by atoms with Crippen molar-refractivity contribution in [2.75, 3.05) is 33.9 Å². The lowest BCUT2D eigenvalue weighted by molar-refractivity contribution is 0.0775. The molecule has 3 heterocycles. The quantitative estimate of drug-likeness (QED) is 0.697. The number of carbonyl (C=O) groups excluding carboxylic acids is 1. The van der Waals surface area contributed by atoms with E-state index >= 15 is 0 Å². The van der Waals surface area contributed by atoms with Gasteiger partial charge in [0.25, 0.3) is 11.5 Å². The molecule has 1 N–H and O–H groups in total. The minimum Gasteiger partial charge on any atom is -0.383 e. The van der Waals surface area contributed by atoms with Crippen LogP contribution in [-0.4, -0.2) is 64.0 Å². The first-order valence-corrected chi connectivity index (χ1v) is 10.0. The fourth-order valence-electron chi connectivity index (χ4n) is 3.68. The third-order valence-corrected chi connectivity index (χ3v) is 5.40. The van der Waals surface area contributed by atoms with Gasteiger partial charge >= 0.3 is 0 Å². The Morgan fingerprint density at radius 3 is 2.97 bits per heavy atom. The maximum atomic E-state index is 13.1. The predicted octanol–water partition coefficient (Wildman–Crippen LogP) is 0.666. The van der Waals surface area contributed by atoms with Gasteiger partial charge in [0.15, 0.2) is 5.82 Å². The molecule has 1 aliphatic rings. The van der Waals surface area contributed by atoms with E-state index in [4.69, 9.17) is 4.74 Å². The van der Waals surface area contributed by atoms with E-state index < -0.39 is 0 Å². The minimum absolute atomic E-state index is 0.224. The Morgan fingerprint density at radius 1 is 1.41 bits per heavy atom. The number of carbonyl (C=O) groups is 1. The number of rotatable bonds is 8. The number of nitrogens with one attached hydrogen (secondary N) is 1. The normalized spacial score (nSPS) is 16.7. The third kappa shape index (κ3) is 5.10. The molecule has 1 atom stereocenters. The maximum absolute atomic E-state index is 13.1. The average molecular weight is 402 g/mol. The Bertz CT molecular complexity index is 885. The van der Waals surface area contributed by atoms with Gasteiger partial charge in [0, 0.05) is 33.4 Å². The van der Waals surface area contributed by atoms with E-state index in [0.717, 1.165) is 25.9 Å². The highest BCUT2D eigenvalue weighted by molar-refractivity contribution is 5.95. The number of aromatic nitrogens is 4. The Kier molecular flexibility index (Phi) is 7.16. The number of hydrogen-bond donors (Lipinski definition) is 1. The topological polar surface area (TPSA) is 94.3 Å². The van der Waals surface area contributed by atoms with E-state index in [1.165, 1.54) is 4.90 Å². The van der Waals surface area contributed by atoms with Crippen LogP contribution in [0, 0.1) is 12.8 Å². The van der Waals surface area contributed by atoms with Crippen molar-refractivity contribution in [3.05, 3.63) is 45.9 Å². The molecule has 0 spiro atoms. The number of aryl methyl sites for hydroxylation is 1. The van der Waals surface area contributed by atoms with Gasteiger partial charge in [-0.15, -0.1) is 10.2 Å². The first-order chi connectivity index (χ1) is 14.0. The second-order valence-electron chi connectivity index (χ2n) is 7.64. The highest BCUT2D eigenvalue weighted by Gasteiger charge is 2.22. The van der Waals surface area contributed by atoms with Crippen molar-refractivity contribution in [1.29, 1.82) is 0 Å².